The Kier molecular flexibility index (Phi) is 4.36. The van der Waals surface area contributed by atoms with Crippen LogP contribution in [0.2, 0.25) is 0 Å². The van der Waals surface area contributed by atoms with E-state index in [-0.39, 0.29) is 0 Å². The third-order valence-corrected chi connectivity index (χ3v) is 4.96. The summed E-state index contributed by atoms with van der Waals surface area (Å²) >= 11 is 0. The fraction of sp³-hybridized carbons (Fsp3) is 0.167. The standard InChI is InChI=1S/C24H23N3/c1-16-9-7-10-17(2)22(16)26-24-25-21-14-6-5-13-20(21)15-27(24)23-18(3)11-8-12-19(23)4/h5-14H,1-4H3,(H,25,26). The largest absolute Gasteiger partial charge is 0.329 e. The summed E-state index contributed by atoms with van der Waals surface area (Å²) < 4.78 is 2.05. The van der Waals surface area contributed by atoms with Crippen molar-refractivity contribution >= 4 is 22.5 Å². The molecule has 0 aliphatic rings. The van der Waals surface area contributed by atoms with E-state index < -0.39 is 0 Å². The number of anilines is 2. The van der Waals surface area contributed by atoms with Gasteiger partial charge in [-0.2, -0.15) is 4.98 Å². The van der Waals surface area contributed by atoms with E-state index in [4.69, 9.17) is 4.98 Å². The van der Waals surface area contributed by atoms with Crippen molar-refractivity contribution in [1.82, 2.24) is 4.98 Å². The highest BCUT2D eigenvalue weighted by Gasteiger charge is 2.15. The Morgan fingerprint density at radius 1 is 0.741 bits per heavy atom. The van der Waals surface area contributed by atoms with Crippen LogP contribution in [0, 0.1) is 33.9 Å². The molecule has 27 heavy (non-hydrogen) atoms. The van der Waals surface area contributed by atoms with Gasteiger partial charge in [-0.3, -0.25) is 9.88 Å². The van der Waals surface area contributed by atoms with Crippen molar-refractivity contribution in [1.29, 1.82) is 0 Å². The van der Waals surface area contributed by atoms with E-state index in [9.17, 15) is 0 Å². The molecule has 0 unspecified atom stereocenters. The van der Waals surface area contributed by atoms with Crippen molar-refractivity contribution in [2.75, 3.05) is 5.32 Å². The zero-order valence-corrected chi connectivity index (χ0v) is 16.2. The first-order valence-corrected chi connectivity index (χ1v) is 9.18. The predicted molar refractivity (Wildman–Crippen MR) is 111 cm³/mol. The first-order chi connectivity index (χ1) is 13.0. The van der Waals surface area contributed by atoms with Gasteiger partial charge in [-0.05, 0) is 55.3 Å². The minimum absolute atomic E-state index is 0.767. The van der Waals surface area contributed by atoms with Crippen LogP contribution in [0.4, 0.5) is 11.6 Å². The number of nitrogens with one attached hydrogen (secondary N) is 1. The SMILES string of the molecule is Cc1cccc(C)c1Nc1nc2ccccc2[c-][n+]1-c1c(C)cccc1C. The summed E-state index contributed by atoms with van der Waals surface area (Å²) in [6, 6.07) is 20.8. The first kappa shape index (κ1) is 17.2. The average Bonchev–Trinajstić information content (AvgIpc) is 2.65. The van der Waals surface area contributed by atoms with Gasteiger partial charge in [0.15, 0.2) is 0 Å². The van der Waals surface area contributed by atoms with Crippen LogP contribution in [0.1, 0.15) is 22.3 Å². The number of benzene rings is 3. The molecule has 1 N–H and O–H groups in total. The van der Waals surface area contributed by atoms with Gasteiger partial charge in [0.1, 0.15) is 0 Å². The van der Waals surface area contributed by atoms with Crippen LogP contribution in [-0.4, -0.2) is 4.98 Å². The van der Waals surface area contributed by atoms with E-state index in [0.717, 1.165) is 28.2 Å². The van der Waals surface area contributed by atoms with Crippen molar-refractivity contribution in [3.8, 4) is 5.69 Å². The molecule has 0 fully saturated rings. The molecule has 3 aromatic carbocycles. The van der Waals surface area contributed by atoms with Crippen LogP contribution in [-0.2, 0) is 0 Å². The number of aryl methyl sites for hydroxylation is 4. The van der Waals surface area contributed by atoms with E-state index >= 15 is 0 Å². The zero-order chi connectivity index (χ0) is 19.0. The molecule has 1 heterocycles. The van der Waals surface area contributed by atoms with Crippen LogP contribution >= 0.6 is 0 Å². The number of rotatable bonds is 3. The van der Waals surface area contributed by atoms with Crippen molar-refractivity contribution in [3.63, 3.8) is 0 Å². The van der Waals surface area contributed by atoms with Crippen molar-refractivity contribution in [2.24, 2.45) is 0 Å². The Hall–Kier alpha value is -3.20. The average molecular weight is 353 g/mol. The Labute approximate surface area is 160 Å². The maximum Gasteiger partial charge on any atom is 0.329 e. The third-order valence-electron chi connectivity index (χ3n) is 4.96. The van der Waals surface area contributed by atoms with E-state index in [1.807, 2.05) is 18.2 Å². The van der Waals surface area contributed by atoms with Gasteiger partial charge >= 0.3 is 5.95 Å². The molecule has 4 aromatic rings. The van der Waals surface area contributed by atoms with E-state index in [2.05, 4.69) is 86.2 Å². The molecule has 134 valence electrons. The number of fused-ring (bicyclic) bond motifs is 1. The van der Waals surface area contributed by atoms with E-state index in [1.54, 1.807) is 0 Å². The maximum absolute atomic E-state index is 4.93. The molecule has 0 bridgehead atoms. The summed E-state index contributed by atoms with van der Waals surface area (Å²) in [5.41, 5.74) is 7.90. The minimum Gasteiger partial charge on any atom is -0.295 e. The highest BCUT2D eigenvalue weighted by atomic mass is 15.2. The predicted octanol–water partition coefficient (Wildman–Crippen LogP) is 5.29. The lowest BCUT2D eigenvalue weighted by atomic mass is 10.1. The van der Waals surface area contributed by atoms with Gasteiger partial charge in [0.05, 0.1) is 11.2 Å². The third kappa shape index (κ3) is 3.17. The Bertz CT molecular complexity index is 1110. The Morgan fingerprint density at radius 3 is 2.00 bits per heavy atom. The van der Waals surface area contributed by atoms with Gasteiger partial charge in [-0.15, -0.1) is 6.07 Å². The zero-order valence-electron chi connectivity index (χ0n) is 16.2. The molecule has 0 spiro atoms. The number of para-hydroxylation sites is 3. The second-order valence-corrected chi connectivity index (χ2v) is 7.03. The lowest BCUT2D eigenvalue weighted by Gasteiger charge is -2.19. The van der Waals surface area contributed by atoms with Crippen molar-refractivity contribution in [2.45, 2.75) is 27.7 Å². The molecule has 0 aliphatic carbocycles. The van der Waals surface area contributed by atoms with Gasteiger partial charge in [0.25, 0.3) is 0 Å². The molecule has 3 heteroatoms. The molecular weight excluding hydrogens is 330 g/mol. The second-order valence-electron chi connectivity index (χ2n) is 7.03. The van der Waals surface area contributed by atoms with Crippen LogP contribution in [0.15, 0.2) is 60.7 Å². The Balaban J connectivity index is 1.98. The van der Waals surface area contributed by atoms with Gasteiger partial charge in [0, 0.05) is 11.9 Å². The van der Waals surface area contributed by atoms with Gasteiger partial charge in [-0.1, -0.05) is 54.6 Å². The topological polar surface area (TPSA) is 28.8 Å². The van der Waals surface area contributed by atoms with Crippen molar-refractivity contribution in [3.05, 3.63) is 89.1 Å². The molecule has 4 rings (SSSR count). The minimum atomic E-state index is 0.767. The van der Waals surface area contributed by atoms with Crippen LogP contribution in [0.5, 0.6) is 0 Å². The molecule has 0 atom stereocenters. The molecule has 0 saturated heterocycles. The number of hydrogen-bond acceptors (Lipinski definition) is 2. The lowest BCUT2D eigenvalue weighted by Crippen LogP contribution is -2.37. The summed E-state index contributed by atoms with van der Waals surface area (Å²) in [5.74, 6) is 0.767. The highest BCUT2D eigenvalue weighted by molar-refractivity contribution is 5.77. The van der Waals surface area contributed by atoms with E-state index in [0.29, 0.717) is 0 Å². The summed E-state index contributed by atoms with van der Waals surface area (Å²) in [7, 11) is 0. The monoisotopic (exact) mass is 353 g/mol. The quantitative estimate of drug-likeness (QED) is 0.400. The van der Waals surface area contributed by atoms with Crippen molar-refractivity contribution < 1.29 is 4.57 Å². The molecule has 0 radical (unpaired) electrons. The molecule has 0 aliphatic heterocycles. The smallest absolute Gasteiger partial charge is 0.295 e. The highest BCUT2D eigenvalue weighted by Crippen LogP contribution is 2.24. The number of aromatic nitrogens is 2. The molecule has 1 aromatic heterocycles. The number of nitrogens with zero attached hydrogens (tertiary/aromatic N) is 2. The summed E-state index contributed by atoms with van der Waals surface area (Å²) in [5, 5.41) is 4.57. The fourth-order valence-electron chi connectivity index (χ4n) is 3.53. The lowest BCUT2D eigenvalue weighted by molar-refractivity contribution is -0.586. The van der Waals surface area contributed by atoms with Crippen LogP contribution < -0.4 is 9.88 Å². The van der Waals surface area contributed by atoms with E-state index in [1.165, 1.54) is 22.3 Å². The normalized spacial score (nSPS) is 11.0. The fourth-order valence-corrected chi connectivity index (χ4v) is 3.53. The molecule has 0 saturated carbocycles. The summed E-state index contributed by atoms with van der Waals surface area (Å²) in [6.07, 6.45) is 3.54. The summed E-state index contributed by atoms with van der Waals surface area (Å²) in [4.78, 5) is 4.93. The summed E-state index contributed by atoms with van der Waals surface area (Å²) in [6.45, 7) is 8.48. The second kappa shape index (κ2) is 6.84. The van der Waals surface area contributed by atoms with Crippen LogP contribution in [0.25, 0.3) is 16.6 Å². The number of hydrogen-bond donors (Lipinski definition) is 1. The first-order valence-electron chi connectivity index (χ1n) is 9.18. The molecule has 0 amide bonds. The van der Waals surface area contributed by atoms with Crippen LogP contribution in [0.3, 0.4) is 0 Å². The van der Waals surface area contributed by atoms with Gasteiger partial charge in [-0.25, -0.2) is 0 Å². The van der Waals surface area contributed by atoms with Gasteiger partial charge < -0.3 is 0 Å². The molecule has 3 nitrogen and oxygen atoms in total. The maximum atomic E-state index is 4.93. The van der Waals surface area contributed by atoms with Gasteiger partial charge in [0.2, 0.25) is 0 Å². The Morgan fingerprint density at radius 2 is 1.33 bits per heavy atom. The molecular formula is C24H23N3.